The lowest BCUT2D eigenvalue weighted by atomic mass is 10.3. The summed E-state index contributed by atoms with van der Waals surface area (Å²) in [7, 11) is -3.71. The van der Waals surface area contributed by atoms with E-state index < -0.39 is 10.0 Å². The highest BCUT2D eigenvalue weighted by molar-refractivity contribution is 7.92. The Morgan fingerprint density at radius 1 is 0.788 bits per heavy atom. The molecule has 0 saturated heterocycles. The summed E-state index contributed by atoms with van der Waals surface area (Å²) in [6.45, 7) is 2.12. The summed E-state index contributed by atoms with van der Waals surface area (Å²) in [5.74, 6) is 0.537. The number of rotatable bonds is 8. The Balaban J connectivity index is 1.45. The Kier molecular flexibility index (Phi) is 6.75. The molecule has 166 valence electrons. The lowest BCUT2D eigenvalue weighted by Gasteiger charge is -2.22. The molecule has 0 atom stereocenters. The average Bonchev–Trinajstić information content (AvgIpc) is 2.85. The molecule has 0 unspecified atom stereocenters. The van der Waals surface area contributed by atoms with Crippen LogP contribution in [0.5, 0.6) is 0 Å². The van der Waals surface area contributed by atoms with Gasteiger partial charge < -0.3 is 5.32 Å². The predicted molar refractivity (Wildman–Crippen MR) is 131 cm³/mol. The van der Waals surface area contributed by atoms with Crippen molar-refractivity contribution in [3.05, 3.63) is 103 Å². The number of nitrogens with zero attached hydrogens (tertiary/aromatic N) is 4. The molecule has 4 rings (SSSR count). The maximum Gasteiger partial charge on any atom is 0.265 e. The summed E-state index contributed by atoms with van der Waals surface area (Å²) in [5, 5.41) is 11.6. The normalized spacial score (nSPS) is 11.4. The Morgan fingerprint density at radius 2 is 1.39 bits per heavy atom. The molecular formula is C25H23N5O2S. The van der Waals surface area contributed by atoms with Crippen LogP contribution in [0.2, 0.25) is 0 Å². The molecule has 0 saturated carbocycles. The summed E-state index contributed by atoms with van der Waals surface area (Å²) in [6.07, 6.45) is 1.37. The second kappa shape index (κ2) is 10.1. The summed E-state index contributed by atoms with van der Waals surface area (Å²) < 4.78 is 27.5. The molecule has 1 N–H and O–H groups in total. The SMILES string of the molecule is CCN(c1ccccc1)S(=O)(=O)c1ccc(Nc2ccc(N=Nc3ccccc3)cc2)nc1. The summed E-state index contributed by atoms with van der Waals surface area (Å²) >= 11 is 0. The first-order valence-electron chi connectivity index (χ1n) is 10.4. The van der Waals surface area contributed by atoms with Crippen molar-refractivity contribution in [2.45, 2.75) is 11.8 Å². The zero-order valence-corrected chi connectivity index (χ0v) is 18.9. The van der Waals surface area contributed by atoms with Crippen LogP contribution in [0, 0.1) is 0 Å². The predicted octanol–water partition coefficient (Wildman–Crippen LogP) is 6.46. The average molecular weight is 458 g/mol. The van der Waals surface area contributed by atoms with Crippen molar-refractivity contribution in [3.8, 4) is 0 Å². The zero-order chi connectivity index (χ0) is 23.1. The first kappa shape index (κ1) is 22.2. The van der Waals surface area contributed by atoms with E-state index in [2.05, 4.69) is 20.5 Å². The van der Waals surface area contributed by atoms with E-state index in [0.29, 0.717) is 18.1 Å². The number of anilines is 3. The van der Waals surface area contributed by atoms with Crippen LogP contribution in [0.4, 0.5) is 28.6 Å². The lowest BCUT2D eigenvalue weighted by Crippen LogP contribution is -2.30. The van der Waals surface area contributed by atoms with Gasteiger partial charge in [0.25, 0.3) is 10.0 Å². The third kappa shape index (κ3) is 5.42. The highest BCUT2D eigenvalue weighted by Crippen LogP contribution is 2.25. The third-order valence-corrected chi connectivity index (χ3v) is 6.72. The highest BCUT2D eigenvalue weighted by atomic mass is 32.2. The number of hydrogen-bond donors (Lipinski definition) is 1. The molecule has 0 radical (unpaired) electrons. The van der Waals surface area contributed by atoms with Gasteiger partial charge in [-0.1, -0.05) is 36.4 Å². The van der Waals surface area contributed by atoms with Crippen LogP contribution in [0.25, 0.3) is 0 Å². The van der Waals surface area contributed by atoms with Gasteiger partial charge >= 0.3 is 0 Å². The Labute approximate surface area is 193 Å². The van der Waals surface area contributed by atoms with E-state index in [4.69, 9.17) is 0 Å². The van der Waals surface area contributed by atoms with Crippen molar-refractivity contribution >= 4 is 38.6 Å². The van der Waals surface area contributed by atoms with Crippen LogP contribution in [0.3, 0.4) is 0 Å². The number of benzene rings is 3. The summed E-state index contributed by atoms with van der Waals surface area (Å²) in [5.41, 5.74) is 2.93. The van der Waals surface area contributed by atoms with Crippen LogP contribution >= 0.6 is 0 Å². The van der Waals surface area contributed by atoms with Crippen LogP contribution in [0.1, 0.15) is 6.92 Å². The number of hydrogen-bond acceptors (Lipinski definition) is 6. The molecular weight excluding hydrogens is 434 g/mol. The fraction of sp³-hybridized carbons (Fsp3) is 0.0800. The summed E-state index contributed by atoms with van der Waals surface area (Å²) in [6, 6.07) is 29.1. The molecule has 0 bridgehead atoms. The zero-order valence-electron chi connectivity index (χ0n) is 18.0. The fourth-order valence-electron chi connectivity index (χ4n) is 3.19. The second-order valence-electron chi connectivity index (χ2n) is 7.09. The number of azo groups is 1. The maximum absolute atomic E-state index is 13.1. The lowest BCUT2D eigenvalue weighted by molar-refractivity contribution is 0.591. The number of aromatic nitrogens is 1. The molecule has 0 aliphatic rings. The number of nitrogens with one attached hydrogen (secondary N) is 1. The number of para-hydroxylation sites is 1. The van der Waals surface area contributed by atoms with Gasteiger partial charge in [0.05, 0.1) is 17.1 Å². The van der Waals surface area contributed by atoms with E-state index in [9.17, 15) is 8.42 Å². The van der Waals surface area contributed by atoms with Crippen LogP contribution in [-0.2, 0) is 10.0 Å². The van der Waals surface area contributed by atoms with Gasteiger partial charge in [-0.25, -0.2) is 13.4 Å². The fourth-order valence-corrected chi connectivity index (χ4v) is 4.61. The van der Waals surface area contributed by atoms with Gasteiger partial charge in [-0.2, -0.15) is 10.2 Å². The first-order valence-corrected chi connectivity index (χ1v) is 11.9. The van der Waals surface area contributed by atoms with Gasteiger partial charge in [0.1, 0.15) is 10.7 Å². The Bertz CT molecular complexity index is 1310. The van der Waals surface area contributed by atoms with Crippen molar-refractivity contribution in [1.82, 2.24) is 4.98 Å². The van der Waals surface area contributed by atoms with Crippen molar-refractivity contribution < 1.29 is 8.42 Å². The van der Waals surface area contributed by atoms with Crippen molar-refractivity contribution in [2.24, 2.45) is 10.2 Å². The minimum Gasteiger partial charge on any atom is -0.340 e. The molecule has 0 aliphatic heterocycles. The largest absolute Gasteiger partial charge is 0.340 e. The molecule has 1 aromatic heterocycles. The van der Waals surface area contributed by atoms with E-state index >= 15 is 0 Å². The van der Waals surface area contributed by atoms with E-state index in [1.807, 2.05) is 72.8 Å². The molecule has 0 aliphatic carbocycles. The molecule has 33 heavy (non-hydrogen) atoms. The van der Waals surface area contributed by atoms with E-state index in [-0.39, 0.29) is 4.90 Å². The topological polar surface area (TPSA) is 87.0 Å². The monoisotopic (exact) mass is 457 g/mol. The molecule has 0 spiro atoms. The van der Waals surface area contributed by atoms with Crippen molar-refractivity contribution in [2.75, 3.05) is 16.2 Å². The third-order valence-electron chi connectivity index (χ3n) is 4.83. The van der Waals surface area contributed by atoms with Gasteiger partial charge in [0.2, 0.25) is 0 Å². The smallest absolute Gasteiger partial charge is 0.265 e. The van der Waals surface area contributed by atoms with Gasteiger partial charge in [-0.3, -0.25) is 4.31 Å². The number of sulfonamides is 1. The van der Waals surface area contributed by atoms with Crippen molar-refractivity contribution in [3.63, 3.8) is 0 Å². The van der Waals surface area contributed by atoms with E-state index in [1.54, 1.807) is 31.2 Å². The standard InChI is InChI=1S/C25H23N5O2S/c1-2-30(23-11-7-4-8-12-23)33(31,32)24-17-18-25(26-19-24)27-20-13-15-22(16-14-20)29-28-21-9-5-3-6-10-21/h3-19H,2H2,1H3,(H,26,27). The summed E-state index contributed by atoms with van der Waals surface area (Å²) in [4.78, 5) is 4.42. The minimum atomic E-state index is -3.71. The number of pyridine rings is 1. The van der Waals surface area contributed by atoms with Crippen LogP contribution in [-0.4, -0.2) is 19.9 Å². The van der Waals surface area contributed by atoms with E-state index in [0.717, 1.165) is 17.1 Å². The Hall–Kier alpha value is -4.04. The van der Waals surface area contributed by atoms with Crippen LogP contribution < -0.4 is 9.62 Å². The van der Waals surface area contributed by atoms with Gasteiger partial charge in [-0.15, -0.1) is 0 Å². The highest BCUT2D eigenvalue weighted by Gasteiger charge is 2.23. The molecule has 3 aromatic carbocycles. The molecule has 0 fully saturated rings. The molecule has 8 heteroatoms. The minimum absolute atomic E-state index is 0.135. The van der Waals surface area contributed by atoms with Gasteiger partial charge in [0, 0.05) is 18.4 Å². The molecule has 0 amide bonds. The second-order valence-corrected chi connectivity index (χ2v) is 8.95. The van der Waals surface area contributed by atoms with Gasteiger partial charge in [-0.05, 0) is 67.6 Å². The Morgan fingerprint density at radius 3 is 1.97 bits per heavy atom. The van der Waals surface area contributed by atoms with Crippen molar-refractivity contribution in [1.29, 1.82) is 0 Å². The molecule has 7 nitrogen and oxygen atoms in total. The van der Waals surface area contributed by atoms with Gasteiger partial charge in [0.15, 0.2) is 0 Å². The maximum atomic E-state index is 13.1. The van der Waals surface area contributed by atoms with E-state index in [1.165, 1.54) is 10.5 Å². The first-order chi connectivity index (χ1) is 16.1. The van der Waals surface area contributed by atoms with Crippen LogP contribution in [0.15, 0.2) is 118 Å². The quantitative estimate of drug-likeness (QED) is 0.308. The molecule has 4 aromatic rings. The molecule has 1 heterocycles.